The number of nitrogens with one attached hydrogen (secondary N) is 1. The average molecular weight is 507 g/mol. The molecule has 1 fully saturated rings. The number of rotatable bonds is 8. The SMILES string of the molecule is Cc1ccc(C(N)=O)c(-c2ccccc2CN(C)C2CCCCC2)c1Nc1nccc(-c2cccnc2)n1. The Morgan fingerprint density at radius 1 is 1.03 bits per heavy atom. The molecular weight excluding hydrogens is 472 g/mol. The van der Waals surface area contributed by atoms with E-state index in [1.165, 1.54) is 32.1 Å². The van der Waals surface area contributed by atoms with Gasteiger partial charge in [0, 0.05) is 47.9 Å². The van der Waals surface area contributed by atoms with Crippen molar-refractivity contribution in [3.8, 4) is 22.4 Å². The van der Waals surface area contributed by atoms with Gasteiger partial charge in [-0.25, -0.2) is 9.97 Å². The topological polar surface area (TPSA) is 97.0 Å². The van der Waals surface area contributed by atoms with Crippen molar-refractivity contribution in [2.45, 2.75) is 51.6 Å². The Labute approximate surface area is 224 Å². The van der Waals surface area contributed by atoms with Crippen molar-refractivity contribution in [1.29, 1.82) is 0 Å². The molecule has 2 aromatic heterocycles. The third-order valence-corrected chi connectivity index (χ3v) is 7.43. The number of amides is 1. The molecule has 0 unspecified atom stereocenters. The van der Waals surface area contributed by atoms with Crippen LogP contribution in [0.3, 0.4) is 0 Å². The molecule has 1 amide bonds. The van der Waals surface area contributed by atoms with Crippen LogP contribution in [0, 0.1) is 6.92 Å². The van der Waals surface area contributed by atoms with Gasteiger partial charge in [-0.05, 0) is 67.8 Å². The Morgan fingerprint density at radius 3 is 2.61 bits per heavy atom. The summed E-state index contributed by atoms with van der Waals surface area (Å²) in [5.74, 6) is -0.0300. The van der Waals surface area contributed by atoms with Gasteiger partial charge in [-0.2, -0.15) is 0 Å². The van der Waals surface area contributed by atoms with Gasteiger partial charge in [0.05, 0.1) is 11.4 Å². The van der Waals surface area contributed by atoms with E-state index in [0.717, 1.165) is 45.7 Å². The first kappa shape index (κ1) is 25.5. The highest BCUT2D eigenvalue weighted by Crippen LogP contribution is 2.38. The number of aromatic nitrogens is 3. The molecule has 0 aliphatic heterocycles. The van der Waals surface area contributed by atoms with Crippen LogP contribution in [0.1, 0.15) is 53.6 Å². The molecule has 0 bridgehead atoms. The van der Waals surface area contributed by atoms with Gasteiger partial charge in [0.1, 0.15) is 0 Å². The molecule has 5 rings (SSSR count). The summed E-state index contributed by atoms with van der Waals surface area (Å²) in [6, 6.07) is 18.3. The van der Waals surface area contributed by atoms with Crippen molar-refractivity contribution >= 4 is 17.5 Å². The largest absolute Gasteiger partial charge is 0.366 e. The maximum atomic E-state index is 12.7. The van der Waals surface area contributed by atoms with Crippen LogP contribution in [0.25, 0.3) is 22.4 Å². The fourth-order valence-corrected chi connectivity index (χ4v) is 5.38. The van der Waals surface area contributed by atoms with Crippen molar-refractivity contribution in [3.05, 3.63) is 89.9 Å². The third kappa shape index (κ3) is 5.58. The van der Waals surface area contributed by atoms with Crippen LogP contribution in [-0.4, -0.2) is 38.8 Å². The van der Waals surface area contributed by atoms with E-state index in [1.807, 2.05) is 43.3 Å². The molecule has 0 saturated heterocycles. The van der Waals surface area contributed by atoms with Crippen LogP contribution in [0.4, 0.5) is 11.6 Å². The second kappa shape index (κ2) is 11.5. The Bertz CT molecular complexity index is 1420. The molecule has 194 valence electrons. The molecule has 0 radical (unpaired) electrons. The number of carbonyl (C=O) groups is 1. The molecule has 38 heavy (non-hydrogen) atoms. The predicted octanol–water partition coefficient (Wildman–Crippen LogP) is 6.12. The van der Waals surface area contributed by atoms with E-state index in [-0.39, 0.29) is 0 Å². The number of carbonyl (C=O) groups excluding carboxylic acids is 1. The third-order valence-electron chi connectivity index (χ3n) is 7.43. The van der Waals surface area contributed by atoms with Gasteiger partial charge in [0.15, 0.2) is 0 Å². The number of nitrogens with two attached hydrogens (primary N) is 1. The van der Waals surface area contributed by atoms with Crippen LogP contribution in [-0.2, 0) is 6.54 Å². The molecule has 7 heteroatoms. The van der Waals surface area contributed by atoms with Crippen LogP contribution >= 0.6 is 0 Å². The minimum absolute atomic E-state index is 0.439. The molecule has 4 aromatic rings. The number of hydrogen-bond donors (Lipinski definition) is 2. The molecule has 1 saturated carbocycles. The van der Waals surface area contributed by atoms with Crippen molar-refractivity contribution < 1.29 is 4.79 Å². The Morgan fingerprint density at radius 2 is 1.84 bits per heavy atom. The summed E-state index contributed by atoms with van der Waals surface area (Å²) in [7, 11) is 2.20. The monoisotopic (exact) mass is 506 g/mol. The van der Waals surface area contributed by atoms with Gasteiger partial charge in [-0.15, -0.1) is 0 Å². The zero-order valence-electron chi connectivity index (χ0n) is 22.0. The minimum atomic E-state index is -0.469. The summed E-state index contributed by atoms with van der Waals surface area (Å²) in [5, 5.41) is 3.42. The van der Waals surface area contributed by atoms with Crippen LogP contribution < -0.4 is 11.1 Å². The fourth-order valence-electron chi connectivity index (χ4n) is 5.38. The summed E-state index contributed by atoms with van der Waals surface area (Å²) in [4.78, 5) is 28.5. The first-order chi connectivity index (χ1) is 18.5. The first-order valence-corrected chi connectivity index (χ1v) is 13.2. The van der Waals surface area contributed by atoms with Gasteiger partial charge in [-0.3, -0.25) is 14.7 Å². The normalized spacial score (nSPS) is 14.0. The second-order valence-corrected chi connectivity index (χ2v) is 10.0. The van der Waals surface area contributed by atoms with Crippen LogP contribution in [0.15, 0.2) is 73.2 Å². The number of anilines is 2. The van der Waals surface area contributed by atoms with E-state index < -0.39 is 5.91 Å². The van der Waals surface area contributed by atoms with Gasteiger partial charge >= 0.3 is 0 Å². The zero-order chi connectivity index (χ0) is 26.5. The lowest BCUT2D eigenvalue weighted by molar-refractivity contribution is 0.100. The number of hydrogen-bond acceptors (Lipinski definition) is 6. The Balaban J connectivity index is 1.56. The highest BCUT2D eigenvalue weighted by Gasteiger charge is 2.23. The molecule has 1 aliphatic rings. The zero-order valence-corrected chi connectivity index (χ0v) is 22.0. The molecule has 0 spiro atoms. The lowest BCUT2D eigenvalue weighted by Gasteiger charge is -2.32. The average Bonchev–Trinajstić information content (AvgIpc) is 2.95. The van der Waals surface area contributed by atoms with Gasteiger partial charge in [0.25, 0.3) is 0 Å². The number of primary amides is 1. The highest BCUT2D eigenvalue weighted by molar-refractivity contribution is 6.04. The van der Waals surface area contributed by atoms with E-state index in [4.69, 9.17) is 10.7 Å². The number of aryl methyl sites for hydroxylation is 1. The Hall–Kier alpha value is -4.10. The summed E-state index contributed by atoms with van der Waals surface area (Å²) < 4.78 is 0. The molecule has 0 atom stereocenters. The van der Waals surface area contributed by atoms with Gasteiger partial charge in [-0.1, -0.05) is 49.6 Å². The van der Waals surface area contributed by atoms with Gasteiger partial charge < -0.3 is 11.1 Å². The summed E-state index contributed by atoms with van der Waals surface area (Å²) >= 11 is 0. The molecule has 2 heterocycles. The lowest BCUT2D eigenvalue weighted by atomic mass is 9.90. The minimum Gasteiger partial charge on any atom is -0.366 e. The van der Waals surface area contributed by atoms with Crippen molar-refractivity contribution in [1.82, 2.24) is 19.9 Å². The van der Waals surface area contributed by atoms with E-state index >= 15 is 0 Å². The van der Waals surface area contributed by atoms with E-state index in [2.05, 4.69) is 45.4 Å². The maximum Gasteiger partial charge on any atom is 0.249 e. The molecule has 2 aromatic carbocycles. The first-order valence-electron chi connectivity index (χ1n) is 13.2. The summed E-state index contributed by atoms with van der Waals surface area (Å²) in [6.45, 7) is 2.80. The Kier molecular flexibility index (Phi) is 7.75. The fraction of sp³-hybridized carbons (Fsp3) is 0.290. The standard InChI is InChI=1S/C31H34N6O/c1-21-14-15-26(30(32)38)28(25-13-7-6-9-23(25)20-37(2)24-11-4-3-5-12-24)29(21)36-31-34-18-16-27(35-31)22-10-8-17-33-19-22/h6-10,13-19,24H,3-5,11-12,20H2,1-2H3,(H2,32,38)(H,34,35,36). The smallest absolute Gasteiger partial charge is 0.249 e. The molecule has 3 N–H and O–H groups in total. The van der Waals surface area contributed by atoms with E-state index in [0.29, 0.717) is 17.6 Å². The lowest BCUT2D eigenvalue weighted by Crippen LogP contribution is -2.33. The van der Waals surface area contributed by atoms with Crippen LogP contribution in [0.2, 0.25) is 0 Å². The van der Waals surface area contributed by atoms with E-state index in [1.54, 1.807) is 18.6 Å². The molecule has 1 aliphatic carbocycles. The van der Waals surface area contributed by atoms with Crippen LogP contribution in [0.5, 0.6) is 0 Å². The quantitative estimate of drug-likeness (QED) is 0.299. The number of benzene rings is 2. The molecular formula is C31H34N6O. The highest BCUT2D eigenvalue weighted by atomic mass is 16.1. The van der Waals surface area contributed by atoms with Crippen molar-refractivity contribution in [3.63, 3.8) is 0 Å². The number of nitrogens with zero attached hydrogens (tertiary/aromatic N) is 4. The van der Waals surface area contributed by atoms with Crippen molar-refractivity contribution in [2.75, 3.05) is 12.4 Å². The summed E-state index contributed by atoms with van der Waals surface area (Å²) in [5.41, 5.74) is 12.7. The van der Waals surface area contributed by atoms with Crippen molar-refractivity contribution in [2.24, 2.45) is 5.73 Å². The molecule has 7 nitrogen and oxygen atoms in total. The van der Waals surface area contributed by atoms with E-state index in [9.17, 15) is 4.79 Å². The van der Waals surface area contributed by atoms with Gasteiger partial charge in [0.2, 0.25) is 11.9 Å². The second-order valence-electron chi connectivity index (χ2n) is 10.0. The maximum absolute atomic E-state index is 12.7. The summed E-state index contributed by atoms with van der Waals surface area (Å²) in [6.07, 6.45) is 11.6. The number of pyridine rings is 1. The predicted molar refractivity (Wildman–Crippen MR) is 152 cm³/mol.